The molecule has 0 bridgehead atoms. The molecule has 0 saturated carbocycles. The van der Waals surface area contributed by atoms with Gasteiger partial charge in [-0.05, 0) is 88.4 Å². The number of fused-ring (bicyclic) bond motifs is 3. The first-order valence-corrected chi connectivity index (χ1v) is 26.2. The zero-order chi connectivity index (χ0) is 52.6. The van der Waals surface area contributed by atoms with E-state index in [0.717, 1.165) is 61.9 Å². The van der Waals surface area contributed by atoms with Crippen LogP contribution in [-0.2, 0) is 45.5 Å². The first-order valence-electron chi connectivity index (χ1n) is 24.6. The van der Waals surface area contributed by atoms with Crippen LogP contribution < -0.4 is 27.0 Å². The number of aromatic amines is 1. The van der Waals surface area contributed by atoms with Crippen LogP contribution in [0.4, 0.5) is 8.78 Å². The molecule has 4 aliphatic heterocycles. The van der Waals surface area contributed by atoms with Gasteiger partial charge in [-0.1, -0.05) is 50.0 Å². The molecular weight excluding hydrogens is 974 g/mol. The third kappa shape index (κ3) is 13.0. The molecule has 3 aromatic rings. The third-order valence-corrected chi connectivity index (χ3v) is 14.8. The van der Waals surface area contributed by atoms with Crippen LogP contribution in [0.1, 0.15) is 134 Å². The Kier molecular flexibility index (Phi) is 17.5. The molecule has 0 spiro atoms. The van der Waals surface area contributed by atoms with E-state index in [0.29, 0.717) is 50.8 Å². The number of carbonyl (C=O) groups is 8. The van der Waals surface area contributed by atoms with Gasteiger partial charge in [-0.25, -0.2) is 0 Å². The second-order valence-corrected chi connectivity index (χ2v) is 20.8. The fourth-order valence-corrected chi connectivity index (χ4v) is 10.3. The van der Waals surface area contributed by atoms with Gasteiger partial charge in [0.1, 0.15) is 35.6 Å². The van der Waals surface area contributed by atoms with E-state index in [1.807, 2.05) is 11.0 Å². The van der Waals surface area contributed by atoms with Crippen LogP contribution in [0, 0.1) is 11.8 Å². The Hall–Kier alpha value is -6.60. The van der Waals surface area contributed by atoms with Crippen LogP contribution in [-0.4, -0.2) is 139 Å². The van der Waals surface area contributed by atoms with Crippen LogP contribution in [0.25, 0.3) is 10.9 Å². The molecule has 3 fully saturated rings. The average Bonchev–Trinajstić information content (AvgIpc) is 4.06. The van der Waals surface area contributed by atoms with Crippen molar-refractivity contribution in [3.8, 4) is 11.8 Å². The van der Waals surface area contributed by atoms with Crippen LogP contribution in [0.3, 0.4) is 0 Å². The molecule has 0 radical (unpaired) electrons. The highest BCUT2D eigenvalue weighted by Crippen LogP contribution is 2.58. The summed E-state index contributed by atoms with van der Waals surface area (Å²) in [5.74, 6) is 2.29. The van der Waals surface area contributed by atoms with Gasteiger partial charge in [0.2, 0.25) is 35.4 Å². The van der Waals surface area contributed by atoms with Gasteiger partial charge in [0.05, 0.1) is 11.7 Å². The predicted molar refractivity (Wildman–Crippen MR) is 259 cm³/mol. The van der Waals surface area contributed by atoms with Crippen LogP contribution in [0.15, 0.2) is 36.5 Å². The number of nitrogens with one attached hydrogen (secondary N) is 5. The van der Waals surface area contributed by atoms with Gasteiger partial charge in [0.25, 0.3) is 11.8 Å². The number of halogens is 2. The number of aromatic nitrogens is 2. The minimum absolute atomic E-state index is 0.0115. The summed E-state index contributed by atoms with van der Waals surface area (Å²) < 4.78 is 40.2. The number of hydrogen-bond donors (Lipinski definition) is 8. The maximum Gasteiger partial charge on any atom is 0.401 e. The van der Waals surface area contributed by atoms with E-state index in [9.17, 15) is 51.7 Å². The molecule has 24 heteroatoms. The largest absolute Gasteiger partial charge is 0.401 e. The Morgan fingerprint density at radius 3 is 2.47 bits per heavy atom. The summed E-state index contributed by atoms with van der Waals surface area (Å²) in [6.45, 7) is 1.17. The minimum atomic E-state index is -5.91. The SMILES string of the molecule is CN1CC[C@H]2CC[C@@H](C(=O)N[C@@H](CCC(N)=O)C(=O)NCCCCCCCCCC#Cc3cccc4c3CN(C3CCC(=O)NC3=O)C4=O)N2C(=O)[C@@H](NC(=O)c2cc3cc(C(F)(F)P(=O)(O)O)ncc3[nH]2)C1. The second-order valence-electron chi connectivity index (χ2n) is 19.1. The highest BCUT2D eigenvalue weighted by atomic mass is 31.2. The molecule has 392 valence electrons. The first kappa shape index (κ1) is 54.2. The average molecular weight is 1040 g/mol. The number of amides is 8. The maximum atomic E-state index is 14.4. The number of nitrogens with two attached hydrogens (primary N) is 1. The quantitative estimate of drug-likeness (QED) is 0.0350. The number of unbranched alkanes of at least 4 members (excludes halogenated alkanes) is 7. The van der Waals surface area contributed by atoms with Crippen molar-refractivity contribution in [2.75, 3.05) is 26.7 Å². The van der Waals surface area contributed by atoms with Crippen molar-refractivity contribution in [1.82, 2.24) is 45.9 Å². The molecule has 4 aliphatic rings. The standard InChI is InChI=1S/C49H61F2N10O11P/c1-59-23-21-31-15-17-39(61(31)48(69)37(28-59)57-44(65)35-24-30-25-40(54-26-36(30)55-35)49(50,51)73(70,71)72)46(67)56-34(16-19-41(52)62)43(64)53-22-10-8-6-4-2-3-5-7-9-12-29-13-11-14-32-33(29)27-60(47(32)68)38-18-20-42(63)58-45(38)66/h11,13-14,24-26,31,34,37-39,55H,2-8,10,15-23,27-28H2,1H3,(H2,52,62)(H,53,64)(H,56,67)(H,57,65)(H,58,63,66)(H2,70,71,72)/t31-,34+,37+,38?,39+/m1/s1. The molecule has 7 rings (SSSR count). The molecule has 73 heavy (non-hydrogen) atoms. The van der Waals surface area contributed by atoms with E-state index in [4.69, 9.17) is 15.5 Å². The number of alkyl halides is 2. The number of benzene rings is 1. The van der Waals surface area contributed by atoms with Gasteiger partial charge < -0.3 is 51.2 Å². The number of nitrogens with zero attached hydrogens (tertiary/aromatic N) is 4. The highest BCUT2D eigenvalue weighted by molar-refractivity contribution is 7.52. The summed E-state index contributed by atoms with van der Waals surface area (Å²) in [5.41, 5.74) is 1.70. The number of rotatable bonds is 20. The van der Waals surface area contributed by atoms with Crippen molar-refractivity contribution in [2.45, 2.75) is 139 Å². The van der Waals surface area contributed by atoms with Crippen LogP contribution in [0.5, 0.6) is 0 Å². The Morgan fingerprint density at radius 2 is 1.74 bits per heavy atom. The molecule has 5 atom stereocenters. The van der Waals surface area contributed by atoms with Gasteiger partial charge in [-0.2, -0.15) is 8.78 Å². The molecule has 1 unspecified atom stereocenters. The Balaban J connectivity index is 0.849. The van der Waals surface area contributed by atoms with E-state index >= 15 is 0 Å². The first-order chi connectivity index (χ1) is 34.7. The van der Waals surface area contributed by atoms with Crippen molar-refractivity contribution >= 4 is 65.8 Å². The zero-order valence-corrected chi connectivity index (χ0v) is 41.3. The van der Waals surface area contributed by atoms with Crippen molar-refractivity contribution in [1.29, 1.82) is 0 Å². The molecule has 1 aromatic carbocycles. The molecule has 2 aromatic heterocycles. The van der Waals surface area contributed by atoms with Crippen molar-refractivity contribution < 1.29 is 61.5 Å². The summed E-state index contributed by atoms with van der Waals surface area (Å²) in [5, 5.41) is 10.6. The number of primary amides is 1. The van der Waals surface area contributed by atoms with E-state index in [2.05, 4.69) is 43.1 Å². The fourth-order valence-electron chi connectivity index (χ4n) is 9.84. The highest BCUT2D eigenvalue weighted by Gasteiger charge is 2.52. The number of H-pyrrole nitrogens is 1. The molecule has 6 heterocycles. The minimum Gasteiger partial charge on any atom is -0.370 e. The Morgan fingerprint density at radius 1 is 1.00 bits per heavy atom. The molecule has 21 nitrogen and oxygen atoms in total. The topological polar surface area (TPSA) is 307 Å². The molecule has 8 amide bonds. The summed E-state index contributed by atoms with van der Waals surface area (Å²) in [6, 6.07) is 2.98. The predicted octanol–water partition coefficient (Wildman–Crippen LogP) is 2.38. The van der Waals surface area contributed by atoms with Gasteiger partial charge in [0, 0.05) is 61.5 Å². The Labute approximate surface area is 419 Å². The summed E-state index contributed by atoms with van der Waals surface area (Å²) in [4.78, 5) is 134. The lowest BCUT2D eigenvalue weighted by Crippen LogP contribution is -2.61. The molecule has 3 saturated heterocycles. The van der Waals surface area contributed by atoms with Crippen LogP contribution in [0.2, 0.25) is 0 Å². The van der Waals surface area contributed by atoms with Crippen molar-refractivity contribution in [3.63, 3.8) is 0 Å². The number of piperidine rings is 1. The number of likely N-dealkylation sites (N-methyl/N-ethyl adjacent to an activating group) is 1. The van der Waals surface area contributed by atoms with E-state index in [-0.39, 0.29) is 73.2 Å². The zero-order valence-electron chi connectivity index (χ0n) is 40.4. The molecular formula is C49H61F2N10O11P. The summed E-state index contributed by atoms with van der Waals surface area (Å²) >= 11 is 0. The fraction of sp³-hybridized carbons (Fsp3) is 0.531. The lowest BCUT2D eigenvalue weighted by molar-refractivity contribution is -0.144. The number of carbonyl (C=O) groups excluding carboxylic acids is 8. The van der Waals surface area contributed by atoms with E-state index in [1.54, 1.807) is 19.2 Å². The smallest absolute Gasteiger partial charge is 0.370 e. The summed E-state index contributed by atoms with van der Waals surface area (Å²) in [7, 11) is -4.14. The normalized spacial score (nSPS) is 20.8. The van der Waals surface area contributed by atoms with Gasteiger partial charge in [-0.15, -0.1) is 0 Å². The van der Waals surface area contributed by atoms with E-state index in [1.165, 1.54) is 15.9 Å². The number of pyridine rings is 1. The second kappa shape index (κ2) is 23.5. The van der Waals surface area contributed by atoms with Crippen molar-refractivity contribution in [3.05, 3.63) is 64.6 Å². The maximum absolute atomic E-state index is 14.4. The summed E-state index contributed by atoms with van der Waals surface area (Å²) in [6.07, 6.45) is 9.39. The van der Waals surface area contributed by atoms with Gasteiger partial charge in [0.15, 0.2) is 0 Å². The lowest BCUT2D eigenvalue weighted by atomic mass is 10.0. The number of hydrogen-bond acceptors (Lipinski definition) is 11. The molecule has 0 aliphatic carbocycles. The van der Waals surface area contributed by atoms with E-state index < -0.39 is 78.6 Å². The monoisotopic (exact) mass is 1030 g/mol. The van der Waals surface area contributed by atoms with Crippen molar-refractivity contribution in [2.24, 2.45) is 5.73 Å². The third-order valence-electron chi connectivity index (χ3n) is 13.8. The van der Waals surface area contributed by atoms with Crippen LogP contribution >= 0.6 is 7.60 Å². The Bertz CT molecular complexity index is 2760. The van der Waals surface area contributed by atoms with Gasteiger partial charge >= 0.3 is 13.3 Å². The number of imide groups is 1. The van der Waals surface area contributed by atoms with Gasteiger partial charge in [-0.3, -0.25) is 53.2 Å². The molecule has 9 N–H and O–H groups in total. The lowest BCUT2D eigenvalue weighted by Gasteiger charge is -2.37.